The van der Waals surface area contributed by atoms with Crippen LogP contribution in [0.1, 0.15) is 17.5 Å². The predicted octanol–water partition coefficient (Wildman–Crippen LogP) is 2.04. The molecule has 0 radical (unpaired) electrons. The number of nitrogens with zero attached hydrogens (tertiary/aromatic N) is 4. The van der Waals surface area contributed by atoms with Crippen LogP contribution in [0.4, 0.5) is 0 Å². The third-order valence-electron chi connectivity index (χ3n) is 3.34. The third kappa shape index (κ3) is 6.28. The Kier molecular flexibility index (Phi) is 6.87. The van der Waals surface area contributed by atoms with Gasteiger partial charge in [0.15, 0.2) is 5.96 Å². The molecule has 0 fully saturated rings. The molecule has 0 amide bonds. The molecule has 0 saturated heterocycles. The Morgan fingerprint density at radius 3 is 2.74 bits per heavy atom. The smallest absolute Gasteiger partial charge is 0.190 e. The number of pyridine rings is 1. The quantitative estimate of drug-likeness (QED) is 0.352. The van der Waals surface area contributed by atoms with Gasteiger partial charge in [-0.3, -0.25) is 9.67 Å². The van der Waals surface area contributed by atoms with Crippen molar-refractivity contribution in [1.82, 2.24) is 25.4 Å². The van der Waals surface area contributed by atoms with E-state index in [0.717, 1.165) is 44.0 Å². The summed E-state index contributed by atoms with van der Waals surface area (Å²) in [5.41, 5.74) is 2.33. The van der Waals surface area contributed by atoms with E-state index in [1.807, 2.05) is 30.1 Å². The van der Waals surface area contributed by atoms with E-state index in [2.05, 4.69) is 25.7 Å². The molecule has 0 aliphatic carbocycles. The van der Waals surface area contributed by atoms with Crippen LogP contribution in [0.2, 0.25) is 5.15 Å². The van der Waals surface area contributed by atoms with E-state index in [4.69, 9.17) is 11.6 Å². The number of guanidine groups is 1. The van der Waals surface area contributed by atoms with Crippen LogP contribution in [-0.4, -0.2) is 40.9 Å². The van der Waals surface area contributed by atoms with Crippen molar-refractivity contribution in [2.45, 2.75) is 26.3 Å². The van der Waals surface area contributed by atoms with E-state index < -0.39 is 0 Å². The molecule has 2 heterocycles. The maximum atomic E-state index is 5.77. The van der Waals surface area contributed by atoms with E-state index >= 15 is 0 Å². The van der Waals surface area contributed by atoms with Crippen molar-refractivity contribution in [2.24, 2.45) is 4.99 Å². The SMILES string of the molecule is CN=C(NCCCn1cc(C)cn1)NCCc1ccc(Cl)nc1. The number of hydrogen-bond donors (Lipinski definition) is 2. The first-order valence-electron chi connectivity index (χ1n) is 7.71. The Bertz CT molecular complexity index is 620. The van der Waals surface area contributed by atoms with Crippen LogP contribution in [0, 0.1) is 6.92 Å². The summed E-state index contributed by atoms with van der Waals surface area (Å²) in [6.07, 6.45) is 7.58. The summed E-state index contributed by atoms with van der Waals surface area (Å²) in [4.78, 5) is 8.29. The number of aromatic nitrogens is 3. The monoisotopic (exact) mass is 334 g/mol. The van der Waals surface area contributed by atoms with Gasteiger partial charge < -0.3 is 10.6 Å². The third-order valence-corrected chi connectivity index (χ3v) is 3.56. The molecule has 0 aliphatic rings. The van der Waals surface area contributed by atoms with Crippen molar-refractivity contribution < 1.29 is 0 Å². The minimum atomic E-state index is 0.520. The van der Waals surface area contributed by atoms with Gasteiger partial charge in [0.25, 0.3) is 0 Å². The Labute approximate surface area is 142 Å². The molecule has 23 heavy (non-hydrogen) atoms. The lowest BCUT2D eigenvalue weighted by Crippen LogP contribution is -2.39. The lowest BCUT2D eigenvalue weighted by atomic mass is 10.2. The van der Waals surface area contributed by atoms with Crippen molar-refractivity contribution in [3.8, 4) is 0 Å². The highest BCUT2D eigenvalue weighted by Crippen LogP contribution is 2.05. The van der Waals surface area contributed by atoms with Crippen molar-refractivity contribution >= 4 is 17.6 Å². The van der Waals surface area contributed by atoms with E-state index in [-0.39, 0.29) is 0 Å². The molecule has 0 aliphatic heterocycles. The van der Waals surface area contributed by atoms with E-state index in [9.17, 15) is 0 Å². The molecule has 0 saturated carbocycles. The molecule has 6 nitrogen and oxygen atoms in total. The molecule has 0 spiro atoms. The Morgan fingerprint density at radius 1 is 1.26 bits per heavy atom. The normalized spacial score (nSPS) is 11.5. The van der Waals surface area contributed by atoms with Gasteiger partial charge in [0.1, 0.15) is 5.15 Å². The minimum Gasteiger partial charge on any atom is -0.356 e. The first-order chi connectivity index (χ1) is 11.2. The highest BCUT2D eigenvalue weighted by atomic mass is 35.5. The van der Waals surface area contributed by atoms with Crippen LogP contribution < -0.4 is 10.6 Å². The van der Waals surface area contributed by atoms with Gasteiger partial charge in [-0.05, 0) is 37.0 Å². The standard InChI is InChI=1S/C16H23ClN6/c1-13-10-22-23(12-13)9-3-7-19-16(18-2)20-8-6-14-4-5-15(17)21-11-14/h4-5,10-12H,3,6-9H2,1-2H3,(H2,18,19,20). The van der Waals surface area contributed by atoms with Crippen molar-refractivity contribution in [3.05, 3.63) is 47.0 Å². The number of nitrogens with one attached hydrogen (secondary N) is 2. The zero-order chi connectivity index (χ0) is 16.5. The number of aryl methyl sites for hydroxylation is 2. The van der Waals surface area contributed by atoms with Crippen molar-refractivity contribution in [3.63, 3.8) is 0 Å². The number of rotatable bonds is 7. The van der Waals surface area contributed by atoms with Gasteiger partial charge >= 0.3 is 0 Å². The first kappa shape index (κ1) is 17.3. The summed E-state index contributed by atoms with van der Waals surface area (Å²) in [5.74, 6) is 0.809. The van der Waals surface area contributed by atoms with Crippen molar-refractivity contribution in [2.75, 3.05) is 20.1 Å². The first-order valence-corrected chi connectivity index (χ1v) is 8.09. The molecule has 7 heteroatoms. The van der Waals surface area contributed by atoms with Crippen LogP contribution in [0.15, 0.2) is 35.7 Å². The molecule has 2 rings (SSSR count). The second-order valence-electron chi connectivity index (χ2n) is 5.30. The van der Waals surface area contributed by atoms with Crippen LogP contribution in [0.3, 0.4) is 0 Å². The van der Waals surface area contributed by atoms with Gasteiger partial charge in [-0.2, -0.15) is 5.10 Å². The Hall–Kier alpha value is -2.08. The second-order valence-corrected chi connectivity index (χ2v) is 5.69. The number of halogens is 1. The van der Waals surface area contributed by atoms with E-state index in [1.54, 1.807) is 19.3 Å². The molecule has 124 valence electrons. The summed E-state index contributed by atoms with van der Waals surface area (Å²) < 4.78 is 1.96. The lowest BCUT2D eigenvalue weighted by molar-refractivity contribution is 0.570. The molecule has 0 unspecified atom stereocenters. The summed E-state index contributed by atoms with van der Waals surface area (Å²) in [7, 11) is 1.77. The maximum Gasteiger partial charge on any atom is 0.190 e. The van der Waals surface area contributed by atoms with Crippen LogP contribution in [-0.2, 0) is 13.0 Å². The van der Waals surface area contributed by atoms with Gasteiger partial charge in [-0.25, -0.2) is 4.98 Å². The number of hydrogen-bond acceptors (Lipinski definition) is 3. The highest BCUT2D eigenvalue weighted by molar-refractivity contribution is 6.29. The molecular weight excluding hydrogens is 312 g/mol. The topological polar surface area (TPSA) is 67.1 Å². The average Bonchev–Trinajstić information content (AvgIpc) is 2.97. The second kappa shape index (κ2) is 9.15. The summed E-state index contributed by atoms with van der Waals surface area (Å²) in [5, 5.41) is 11.4. The zero-order valence-corrected chi connectivity index (χ0v) is 14.3. The molecule has 2 N–H and O–H groups in total. The molecule has 2 aromatic heterocycles. The van der Waals surface area contributed by atoms with Crippen LogP contribution in [0.25, 0.3) is 0 Å². The van der Waals surface area contributed by atoms with E-state index in [1.165, 1.54) is 5.56 Å². The molecule has 2 aromatic rings. The lowest BCUT2D eigenvalue weighted by Gasteiger charge is -2.11. The maximum absolute atomic E-state index is 5.77. The Balaban J connectivity index is 1.62. The van der Waals surface area contributed by atoms with Crippen molar-refractivity contribution in [1.29, 1.82) is 0 Å². The summed E-state index contributed by atoms with van der Waals surface area (Å²) in [6.45, 7) is 4.58. The van der Waals surface area contributed by atoms with Gasteiger partial charge in [0, 0.05) is 39.1 Å². The largest absolute Gasteiger partial charge is 0.356 e. The molecular formula is C16H23ClN6. The molecule has 0 atom stereocenters. The summed E-state index contributed by atoms with van der Waals surface area (Å²) >= 11 is 5.77. The van der Waals surface area contributed by atoms with Gasteiger partial charge in [-0.1, -0.05) is 17.7 Å². The fraction of sp³-hybridized carbons (Fsp3) is 0.438. The Morgan fingerprint density at radius 2 is 2.09 bits per heavy atom. The van der Waals surface area contributed by atoms with Gasteiger partial charge in [0.05, 0.1) is 6.20 Å². The minimum absolute atomic E-state index is 0.520. The number of aliphatic imine (C=N–C) groups is 1. The fourth-order valence-electron chi connectivity index (χ4n) is 2.14. The molecule has 0 bridgehead atoms. The van der Waals surface area contributed by atoms with Crippen LogP contribution in [0.5, 0.6) is 0 Å². The zero-order valence-electron chi connectivity index (χ0n) is 13.6. The highest BCUT2D eigenvalue weighted by Gasteiger charge is 1.99. The fourth-order valence-corrected chi connectivity index (χ4v) is 2.25. The average molecular weight is 335 g/mol. The molecule has 0 aromatic carbocycles. The summed E-state index contributed by atoms with van der Waals surface area (Å²) in [6, 6.07) is 3.79. The predicted molar refractivity (Wildman–Crippen MR) is 93.9 cm³/mol. The van der Waals surface area contributed by atoms with E-state index in [0.29, 0.717) is 5.15 Å². The van der Waals surface area contributed by atoms with Crippen LogP contribution >= 0.6 is 11.6 Å². The van der Waals surface area contributed by atoms with Gasteiger partial charge in [-0.15, -0.1) is 0 Å². The van der Waals surface area contributed by atoms with Gasteiger partial charge in [0.2, 0.25) is 0 Å².